The third-order valence-electron chi connectivity index (χ3n) is 3.97. The van der Waals surface area contributed by atoms with E-state index in [2.05, 4.69) is 69.3 Å². The number of benzene rings is 2. The van der Waals surface area contributed by atoms with Crippen molar-refractivity contribution in [3.63, 3.8) is 0 Å². The van der Waals surface area contributed by atoms with Crippen LogP contribution in [0.5, 0.6) is 0 Å². The molecular weight excluding hydrogens is 228 g/mol. The Balaban J connectivity index is 2.10. The first-order chi connectivity index (χ1) is 9.22. The van der Waals surface area contributed by atoms with Gasteiger partial charge in [-0.15, -0.1) is 0 Å². The molecule has 0 aliphatic carbocycles. The number of hydrogen-bond acceptors (Lipinski definition) is 0. The second-order valence-corrected chi connectivity index (χ2v) is 5.40. The maximum absolute atomic E-state index is 2.32. The van der Waals surface area contributed by atoms with Crippen LogP contribution in [0.3, 0.4) is 0 Å². The first-order valence-electron chi connectivity index (χ1n) is 7.39. The molecule has 0 amide bonds. The summed E-state index contributed by atoms with van der Waals surface area (Å²) >= 11 is 0. The smallest absolute Gasteiger partial charge is 0.00257 e. The van der Waals surface area contributed by atoms with Gasteiger partial charge in [0.2, 0.25) is 0 Å². The highest BCUT2D eigenvalue weighted by atomic mass is 14.1. The Morgan fingerprint density at radius 1 is 0.842 bits per heavy atom. The van der Waals surface area contributed by atoms with E-state index in [0.717, 1.165) is 12.8 Å². The van der Waals surface area contributed by atoms with E-state index in [9.17, 15) is 0 Å². The molecule has 0 saturated heterocycles. The van der Waals surface area contributed by atoms with Crippen LogP contribution < -0.4 is 0 Å². The van der Waals surface area contributed by atoms with Gasteiger partial charge in [0.1, 0.15) is 0 Å². The van der Waals surface area contributed by atoms with Crippen LogP contribution in [0.4, 0.5) is 0 Å². The molecule has 0 bridgehead atoms. The molecule has 0 heterocycles. The molecule has 0 radical (unpaired) electrons. The van der Waals surface area contributed by atoms with E-state index in [-0.39, 0.29) is 0 Å². The van der Waals surface area contributed by atoms with E-state index in [0.29, 0.717) is 5.92 Å². The fraction of sp³-hybridized carbons (Fsp3) is 0.368. The van der Waals surface area contributed by atoms with Gasteiger partial charge in [-0.05, 0) is 47.4 Å². The van der Waals surface area contributed by atoms with Gasteiger partial charge in [0.15, 0.2) is 0 Å². The second-order valence-electron chi connectivity index (χ2n) is 5.40. The van der Waals surface area contributed by atoms with Crippen molar-refractivity contribution in [2.45, 2.75) is 46.0 Å². The second kappa shape index (κ2) is 6.56. The predicted octanol–water partition coefficient (Wildman–Crippen LogP) is 5.35. The van der Waals surface area contributed by atoms with Crippen molar-refractivity contribution in [2.24, 2.45) is 0 Å². The summed E-state index contributed by atoms with van der Waals surface area (Å²) in [6, 6.07) is 18.0. The molecule has 2 aromatic rings. The Labute approximate surface area is 117 Å². The molecule has 0 N–H and O–H groups in total. The highest BCUT2D eigenvalue weighted by Crippen LogP contribution is 2.20. The van der Waals surface area contributed by atoms with E-state index in [1.54, 1.807) is 0 Å². The molecule has 0 aliphatic heterocycles. The molecular formula is C19H24. The molecule has 2 aromatic carbocycles. The molecule has 0 spiro atoms. The Morgan fingerprint density at radius 2 is 1.53 bits per heavy atom. The topological polar surface area (TPSA) is 0 Å². The van der Waals surface area contributed by atoms with E-state index in [4.69, 9.17) is 0 Å². The number of rotatable bonds is 5. The number of hydrogen-bond donors (Lipinski definition) is 0. The van der Waals surface area contributed by atoms with Crippen LogP contribution in [0.25, 0.3) is 0 Å². The van der Waals surface area contributed by atoms with Gasteiger partial charge >= 0.3 is 0 Å². The lowest BCUT2D eigenvalue weighted by Gasteiger charge is -2.10. The zero-order valence-electron chi connectivity index (χ0n) is 12.3. The lowest BCUT2D eigenvalue weighted by atomic mass is 9.95. The van der Waals surface area contributed by atoms with Crippen LogP contribution in [-0.2, 0) is 12.8 Å². The highest BCUT2D eigenvalue weighted by Gasteiger charge is 2.03. The Bertz CT molecular complexity index is 508. The Kier molecular flexibility index (Phi) is 4.79. The summed E-state index contributed by atoms with van der Waals surface area (Å²) in [5.41, 5.74) is 5.69. The number of aryl methyl sites for hydroxylation is 1. The Hall–Kier alpha value is -1.56. The Morgan fingerprint density at radius 3 is 2.16 bits per heavy atom. The lowest BCUT2D eigenvalue weighted by Crippen LogP contribution is -1.93. The van der Waals surface area contributed by atoms with Crippen molar-refractivity contribution in [1.29, 1.82) is 0 Å². The molecule has 0 aromatic heterocycles. The summed E-state index contributed by atoms with van der Waals surface area (Å²) in [5, 5.41) is 0. The summed E-state index contributed by atoms with van der Waals surface area (Å²) in [5.74, 6) is 0.664. The highest BCUT2D eigenvalue weighted by molar-refractivity contribution is 5.32. The van der Waals surface area contributed by atoms with Crippen LogP contribution in [-0.4, -0.2) is 0 Å². The normalized spacial score (nSPS) is 12.4. The van der Waals surface area contributed by atoms with Gasteiger partial charge in [-0.3, -0.25) is 0 Å². The monoisotopic (exact) mass is 252 g/mol. The molecule has 2 rings (SSSR count). The van der Waals surface area contributed by atoms with Gasteiger partial charge in [-0.2, -0.15) is 0 Å². The van der Waals surface area contributed by atoms with E-state index < -0.39 is 0 Å². The van der Waals surface area contributed by atoms with E-state index >= 15 is 0 Å². The van der Waals surface area contributed by atoms with Crippen LogP contribution >= 0.6 is 0 Å². The third kappa shape index (κ3) is 3.70. The summed E-state index contributed by atoms with van der Waals surface area (Å²) in [6.07, 6.45) is 3.35. The molecule has 0 fully saturated rings. The fourth-order valence-electron chi connectivity index (χ4n) is 2.39. The van der Waals surface area contributed by atoms with Crippen molar-refractivity contribution in [2.75, 3.05) is 0 Å². The van der Waals surface area contributed by atoms with Gasteiger partial charge in [0.05, 0.1) is 0 Å². The summed E-state index contributed by atoms with van der Waals surface area (Å²) in [6.45, 7) is 6.74. The quantitative estimate of drug-likeness (QED) is 0.672. The van der Waals surface area contributed by atoms with E-state index in [1.165, 1.54) is 28.7 Å². The lowest BCUT2D eigenvalue weighted by molar-refractivity contribution is 0.733. The zero-order chi connectivity index (χ0) is 13.7. The molecule has 100 valence electrons. The van der Waals surface area contributed by atoms with Crippen molar-refractivity contribution in [3.05, 3.63) is 70.8 Å². The average molecular weight is 252 g/mol. The molecule has 1 unspecified atom stereocenters. The van der Waals surface area contributed by atoms with Crippen molar-refractivity contribution in [1.82, 2.24) is 0 Å². The molecule has 1 atom stereocenters. The maximum atomic E-state index is 2.32. The van der Waals surface area contributed by atoms with Gasteiger partial charge < -0.3 is 0 Å². The van der Waals surface area contributed by atoms with Crippen LogP contribution in [0, 0.1) is 0 Å². The van der Waals surface area contributed by atoms with Crippen molar-refractivity contribution in [3.8, 4) is 0 Å². The first-order valence-corrected chi connectivity index (χ1v) is 7.39. The molecule has 0 nitrogen and oxygen atoms in total. The molecule has 0 aliphatic rings. The van der Waals surface area contributed by atoms with Crippen molar-refractivity contribution < 1.29 is 0 Å². The minimum absolute atomic E-state index is 0.664. The largest absolute Gasteiger partial charge is 0.0648 e. The standard InChI is InChI=1S/C19H24/c1-4-15(3)19-11-9-17(10-12-19)14-18-8-6-7-16(5-2)13-18/h6-13,15H,4-5,14H2,1-3H3. The van der Waals surface area contributed by atoms with Gasteiger partial charge in [-0.1, -0.05) is 69.3 Å². The minimum atomic E-state index is 0.664. The van der Waals surface area contributed by atoms with Gasteiger partial charge in [0, 0.05) is 0 Å². The van der Waals surface area contributed by atoms with Crippen LogP contribution in [0.1, 0.15) is 55.4 Å². The predicted molar refractivity (Wildman–Crippen MR) is 83.8 cm³/mol. The summed E-state index contributed by atoms with van der Waals surface area (Å²) in [4.78, 5) is 0. The van der Waals surface area contributed by atoms with Gasteiger partial charge in [-0.25, -0.2) is 0 Å². The SMILES string of the molecule is CCc1cccc(Cc2ccc(C(C)CC)cc2)c1. The van der Waals surface area contributed by atoms with E-state index in [1.807, 2.05) is 0 Å². The third-order valence-corrected chi connectivity index (χ3v) is 3.97. The van der Waals surface area contributed by atoms with Gasteiger partial charge in [0.25, 0.3) is 0 Å². The minimum Gasteiger partial charge on any atom is -0.0648 e. The van der Waals surface area contributed by atoms with Crippen LogP contribution in [0.2, 0.25) is 0 Å². The maximum Gasteiger partial charge on any atom is -0.00257 e. The average Bonchev–Trinajstić information content (AvgIpc) is 2.47. The molecule has 0 saturated carbocycles. The fourth-order valence-corrected chi connectivity index (χ4v) is 2.39. The van der Waals surface area contributed by atoms with Crippen molar-refractivity contribution >= 4 is 0 Å². The summed E-state index contributed by atoms with van der Waals surface area (Å²) < 4.78 is 0. The van der Waals surface area contributed by atoms with Crippen LogP contribution in [0.15, 0.2) is 48.5 Å². The molecule has 0 heteroatoms. The molecule has 19 heavy (non-hydrogen) atoms. The summed E-state index contributed by atoms with van der Waals surface area (Å²) in [7, 11) is 0. The first kappa shape index (κ1) is 13.9. The zero-order valence-corrected chi connectivity index (χ0v) is 12.3.